The van der Waals surface area contributed by atoms with Crippen molar-refractivity contribution in [2.24, 2.45) is 4.99 Å². The SMILES string of the molecule is COc1ccccc1C=CC=C1N=C(c2ccccc2Br)OC1=O. The summed E-state index contributed by atoms with van der Waals surface area (Å²) in [4.78, 5) is 16.2. The van der Waals surface area contributed by atoms with Gasteiger partial charge < -0.3 is 9.47 Å². The summed E-state index contributed by atoms with van der Waals surface area (Å²) in [6, 6.07) is 15.1. The number of allylic oxidation sites excluding steroid dienone is 2. The molecule has 0 aliphatic carbocycles. The number of para-hydroxylation sites is 1. The third-order valence-corrected chi connectivity index (χ3v) is 4.09. The molecular formula is C19H14BrNO3. The minimum Gasteiger partial charge on any atom is -0.496 e. The Kier molecular flexibility index (Phi) is 4.91. The second-order valence-electron chi connectivity index (χ2n) is 4.94. The lowest BCUT2D eigenvalue weighted by Crippen LogP contribution is -2.05. The zero-order chi connectivity index (χ0) is 16.9. The first-order chi connectivity index (χ1) is 11.7. The molecule has 5 heteroatoms. The Hall–Kier alpha value is -2.66. The van der Waals surface area contributed by atoms with Crippen LogP contribution in [0.25, 0.3) is 6.08 Å². The predicted octanol–water partition coefficient (Wildman–Crippen LogP) is 4.36. The summed E-state index contributed by atoms with van der Waals surface area (Å²) in [6.07, 6.45) is 5.23. The van der Waals surface area contributed by atoms with Crippen LogP contribution in [0.4, 0.5) is 0 Å². The maximum absolute atomic E-state index is 12.0. The average Bonchev–Trinajstić information content (AvgIpc) is 2.96. The fourth-order valence-corrected chi connectivity index (χ4v) is 2.67. The van der Waals surface area contributed by atoms with Crippen LogP contribution in [0.2, 0.25) is 0 Å². The summed E-state index contributed by atoms with van der Waals surface area (Å²) >= 11 is 3.43. The third-order valence-electron chi connectivity index (χ3n) is 3.39. The number of methoxy groups -OCH3 is 1. The van der Waals surface area contributed by atoms with Gasteiger partial charge in [-0.1, -0.05) is 42.5 Å². The molecule has 1 heterocycles. The van der Waals surface area contributed by atoms with Crippen LogP contribution in [0.15, 0.2) is 75.8 Å². The minimum absolute atomic E-state index is 0.256. The molecule has 0 aromatic heterocycles. The van der Waals surface area contributed by atoms with Gasteiger partial charge in [0.2, 0.25) is 5.90 Å². The number of hydrogen-bond donors (Lipinski definition) is 0. The van der Waals surface area contributed by atoms with Crippen molar-refractivity contribution in [3.63, 3.8) is 0 Å². The van der Waals surface area contributed by atoms with Gasteiger partial charge in [0.15, 0.2) is 5.70 Å². The molecule has 0 unspecified atom stereocenters. The van der Waals surface area contributed by atoms with E-state index in [-0.39, 0.29) is 5.70 Å². The number of benzene rings is 2. The van der Waals surface area contributed by atoms with Crippen LogP contribution >= 0.6 is 15.9 Å². The highest BCUT2D eigenvalue weighted by Crippen LogP contribution is 2.23. The Morgan fingerprint density at radius 1 is 1.12 bits per heavy atom. The summed E-state index contributed by atoms with van der Waals surface area (Å²) < 4.78 is 11.3. The van der Waals surface area contributed by atoms with Gasteiger partial charge >= 0.3 is 5.97 Å². The van der Waals surface area contributed by atoms with Gasteiger partial charge in [-0.05, 0) is 40.2 Å². The summed E-state index contributed by atoms with van der Waals surface area (Å²) in [5, 5.41) is 0. The number of esters is 1. The standard InChI is InChI=1S/C19H14BrNO3/c1-23-17-12-5-2-7-13(17)8-6-11-16-19(22)24-18(21-16)14-9-3-4-10-15(14)20/h2-12H,1H3. The molecule has 0 bridgehead atoms. The molecule has 0 N–H and O–H groups in total. The van der Waals surface area contributed by atoms with E-state index in [4.69, 9.17) is 9.47 Å². The van der Waals surface area contributed by atoms with Gasteiger partial charge in [0.1, 0.15) is 5.75 Å². The molecule has 0 amide bonds. The summed E-state index contributed by atoms with van der Waals surface area (Å²) in [7, 11) is 1.62. The van der Waals surface area contributed by atoms with E-state index >= 15 is 0 Å². The normalized spacial score (nSPS) is 15.7. The maximum atomic E-state index is 12.0. The lowest BCUT2D eigenvalue weighted by atomic mass is 10.2. The zero-order valence-corrected chi connectivity index (χ0v) is 14.5. The molecule has 2 aromatic rings. The van der Waals surface area contributed by atoms with E-state index in [0.717, 1.165) is 21.3 Å². The van der Waals surface area contributed by atoms with Gasteiger partial charge in [0, 0.05) is 10.0 Å². The Bertz CT molecular complexity index is 868. The van der Waals surface area contributed by atoms with Crippen LogP contribution in [0, 0.1) is 0 Å². The summed E-state index contributed by atoms with van der Waals surface area (Å²) in [5.41, 5.74) is 1.91. The summed E-state index contributed by atoms with van der Waals surface area (Å²) in [6.45, 7) is 0. The molecule has 2 aromatic carbocycles. The van der Waals surface area contributed by atoms with Gasteiger partial charge in [0.05, 0.1) is 12.7 Å². The number of nitrogens with zero attached hydrogens (tertiary/aromatic N) is 1. The molecule has 0 saturated heterocycles. The molecule has 1 aliphatic rings. The minimum atomic E-state index is -0.467. The first-order valence-corrected chi connectivity index (χ1v) is 8.05. The van der Waals surface area contributed by atoms with Crippen LogP contribution < -0.4 is 4.74 Å². The number of aliphatic imine (C=N–C) groups is 1. The van der Waals surface area contributed by atoms with Crippen LogP contribution in [0.1, 0.15) is 11.1 Å². The number of cyclic esters (lactones) is 1. The second-order valence-corrected chi connectivity index (χ2v) is 5.79. The number of hydrogen-bond acceptors (Lipinski definition) is 4. The largest absolute Gasteiger partial charge is 0.496 e. The van der Waals surface area contributed by atoms with Gasteiger partial charge in [-0.25, -0.2) is 9.79 Å². The van der Waals surface area contributed by atoms with Crippen molar-refractivity contribution in [2.45, 2.75) is 0 Å². The number of halogens is 1. The molecule has 1 aliphatic heterocycles. The Morgan fingerprint density at radius 2 is 1.88 bits per heavy atom. The molecule has 4 nitrogen and oxygen atoms in total. The monoisotopic (exact) mass is 383 g/mol. The molecule has 3 rings (SSSR count). The molecule has 120 valence electrons. The van der Waals surface area contributed by atoms with Gasteiger partial charge in [-0.3, -0.25) is 0 Å². The van der Waals surface area contributed by atoms with Gasteiger partial charge in [-0.2, -0.15) is 0 Å². The fourth-order valence-electron chi connectivity index (χ4n) is 2.22. The molecule has 0 radical (unpaired) electrons. The van der Waals surface area contributed by atoms with E-state index in [1.165, 1.54) is 0 Å². The smallest absolute Gasteiger partial charge is 0.363 e. The number of carbonyl (C=O) groups excluding carboxylic acids is 1. The van der Waals surface area contributed by atoms with Crippen molar-refractivity contribution in [3.8, 4) is 5.75 Å². The summed E-state index contributed by atoms with van der Waals surface area (Å²) in [5.74, 6) is 0.591. The van der Waals surface area contributed by atoms with E-state index in [0.29, 0.717) is 5.90 Å². The highest BCUT2D eigenvalue weighted by atomic mass is 79.9. The van der Waals surface area contributed by atoms with Crippen LogP contribution in [0.3, 0.4) is 0 Å². The predicted molar refractivity (Wildman–Crippen MR) is 96.9 cm³/mol. The van der Waals surface area contributed by atoms with Crippen LogP contribution in [-0.4, -0.2) is 19.0 Å². The van der Waals surface area contributed by atoms with E-state index in [2.05, 4.69) is 20.9 Å². The number of rotatable bonds is 4. The fraction of sp³-hybridized carbons (Fsp3) is 0.0526. The van der Waals surface area contributed by atoms with E-state index in [1.54, 1.807) is 19.3 Å². The van der Waals surface area contributed by atoms with E-state index < -0.39 is 5.97 Å². The van der Waals surface area contributed by atoms with Crippen LogP contribution in [-0.2, 0) is 9.53 Å². The first kappa shape index (κ1) is 16.2. The molecule has 0 spiro atoms. The highest BCUT2D eigenvalue weighted by molar-refractivity contribution is 9.10. The van der Waals surface area contributed by atoms with Crippen molar-refractivity contribution in [1.82, 2.24) is 0 Å². The topological polar surface area (TPSA) is 47.9 Å². The van der Waals surface area contributed by atoms with Gasteiger partial charge in [0.25, 0.3) is 0 Å². The molecule has 0 saturated carbocycles. The Morgan fingerprint density at radius 3 is 2.67 bits per heavy atom. The van der Waals surface area contributed by atoms with Gasteiger partial charge in [-0.15, -0.1) is 0 Å². The second kappa shape index (κ2) is 7.27. The third kappa shape index (κ3) is 3.46. The lowest BCUT2D eigenvalue weighted by molar-refractivity contribution is -0.130. The van der Waals surface area contributed by atoms with E-state index in [1.807, 2.05) is 54.6 Å². The average molecular weight is 384 g/mol. The van der Waals surface area contributed by atoms with Crippen molar-refractivity contribution in [3.05, 3.63) is 82.0 Å². The van der Waals surface area contributed by atoms with Crippen molar-refractivity contribution in [1.29, 1.82) is 0 Å². The Balaban J connectivity index is 1.84. The molecule has 0 atom stereocenters. The first-order valence-electron chi connectivity index (χ1n) is 7.26. The number of ether oxygens (including phenoxy) is 2. The molecular weight excluding hydrogens is 370 g/mol. The Labute approximate surface area is 148 Å². The highest BCUT2D eigenvalue weighted by Gasteiger charge is 2.24. The molecule has 0 fully saturated rings. The van der Waals surface area contributed by atoms with E-state index in [9.17, 15) is 4.79 Å². The van der Waals surface area contributed by atoms with Crippen LogP contribution in [0.5, 0.6) is 5.75 Å². The van der Waals surface area contributed by atoms with Crippen molar-refractivity contribution in [2.75, 3.05) is 7.11 Å². The van der Waals surface area contributed by atoms with Crippen molar-refractivity contribution < 1.29 is 14.3 Å². The molecule has 24 heavy (non-hydrogen) atoms. The van der Waals surface area contributed by atoms with Crippen molar-refractivity contribution >= 4 is 33.9 Å². The lowest BCUT2D eigenvalue weighted by Gasteiger charge is -2.02. The maximum Gasteiger partial charge on any atom is 0.363 e. The zero-order valence-electron chi connectivity index (χ0n) is 12.9. The number of carbonyl (C=O) groups is 1. The quantitative estimate of drug-likeness (QED) is 0.582.